The van der Waals surface area contributed by atoms with Gasteiger partial charge in [-0.15, -0.1) is 0 Å². The van der Waals surface area contributed by atoms with Gasteiger partial charge in [0.05, 0.1) is 35.1 Å². The number of carbonyl (C=O) groups is 1. The van der Waals surface area contributed by atoms with Gasteiger partial charge < -0.3 is 4.90 Å². The maximum atomic E-state index is 12.6. The zero-order valence-corrected chi connectivity index (χ0v) is 11.3. The van der Waals surface area contributed by atoms with Crippen molar-refractivity contribution < 1.29 is 4.79 Å². The van der Waals surface area contributed by atoms with Gasteiger partial charge in [-0.05, 0) is 24.3 Å². The van der Waals surface area contributed by atoms with E-state index in [1.165, 1.54) is 11.1 Å². The first kappa shape index (κ1) is 12.8. The lowest BCUT2D eigenvalue weighted by molar-refractivity contribution is 0.0994. The van der Waals surface area contributed by atoms with Crippen molar-refractivity contribution in [2.75, 3.05) is 11.9 Å². The summed E-state index contributed by atoms with van der Waals surface area (Å²) in [6.45, 7) is 0. The molecule has 6 nitrogen and oxygen atoms in total. The Bertz CT molecular complexity index is 844. The first-order valence-electron chi connectivity index (χ1n) is 6.26. The fraction of sp³-hybridized carbons (Fsp3) is 0.0667. The van der Waals surface area contributed by atoms with E-state index in [0.29, 0.717) is 22.3 Å². The molecule has 3 aromatic rings. The lowest BCUT2D eigenvalue weighted by Crippen LogP contribution is -2.26. The summed E-state index contributed by atoms with van der Waals surface area (Å²) in [4.78, 5) is 18.1. The summed E-state index contributed by atoms with van der Waals surface area (Å²) in [6.07, 6.45) is 6.43. The Kier molecular flexibility index (Phi) is 3.09. The first-order chi connectivity index (χ1) is 10.2. The highest BCUT2D eigenvalue weighted by atomic mass is 16.2. The molecule has 2 aromatic heterocycles. The van der Waals surface area contributed by atoms with Gasteiger partial charge in [0, 0.05) is 25.1 Å². The summed E-state index contributed by atoms with van der Waals surface area (Å²) in [5.41, 5.74) is 2.40. The van der Waals surface area contributed by atoms with Crippen molar-refractivity contribution in [1.29, 1.82) is 5.26 Å². The molecular weight excluding hydrogens is 266 g/mol. The van der Waals surface area contributed by atoms with Crippen LogP contribution in [0.5, 0.6) is 0 Å². The van der Waals surface area contributed by atoms with Crippen LogP contribution < -0.4 is 4.90 Å². The molecule has 0 aliphatic rings. The highest BCUT2D eigenvalue weighted by molar-refractivity contribution is 6.09. The summed E-state index contributed by atoms with van der Waals surface area (Å²) >= 11 is 0. The van der Waals surface area contributed by atoms with Crippen LogP contribution in [0.4, 0.5) is 5.69 Å². The standard InChI is InChI=1S/C15H11N5O/c1-19(12-4-2-11(8-16)3-5-12)15(21)13-9-18-20-7-6-17-10-14(13)20/h2-7,9-10H,1H3. The van der Waals surface area contributed by atoms with Crippen LogP contribution >= 0.6 is 0 Å². The van der Waals surface area contributed by atoms with Crippen LogP contribution in [0.1, 0.15) is 15.9 Å². The van der Waals surface area contributed by atoms with Crippen LogP contribution in [0.15, 0.2) is 49.1 Å². The summed E-state index contributed by atoms with van der Waals surface area (Å²) in [5, 5.41) is 12.9. The molecule has 0 saturated carbocycles. The zero-order chi connectivity index (χ0) is 14.8. The Balaban J connectivity index is 1.95. The second kappa shape index (κ2) is 5.06. The molecule has 0 fully saturated rings. The minimum Gasteiger partial charge on any atom is -0.311 e. The Morgan fingerprint density at radius 3 is 2.76 bits per heavy atom. The van der Waals surface area contributed by atoms with Gasteiger partial charge in [-0.2, -0.15) is 10.4 Å². The third-order valence-corrected chi connectivity index (χ3v) is 3.24. The van der Waals surface area contributed by atoms with Gasteiger partial charge >= 0.3 is 0 Å². The quantitative estimate of drug-likeness (QED) is 0.716. The normalized spacial score (nSPS) is 10.3. The number of hydrogen-bond donors (Lipinski definition) is 0. The van der Waals surface area contributed by atoms with Crippen molar-refractivity contribution in [3.05, 3.63) is 60.2 Å². The van der Waals surface area contributed by atoms with E-state index in [-0.39, 0.29) is 5.91 Å². The molecule has 102 valence electrons. The van der Waals surface area contributed by atoms with E-state index in [2.05, 4.69) is 10.1 Å². The molecule has 0 radical (unpaired) electrons. The SMILES string of the molecule is CN(C(=O)c1cnn2ccncc12)c1ccc(C#N)cc1. The first-order valence-corrected chi connectivity index (χ1v) is 6.26. The molecule has 0 bridgehead atoms. The van der Waals surface area contributed by atoms with Gasteiger partial charge in [0.1, 0.15) is 0 Å². The van der Waals surface area contributed by atoms with Gasteiger partial charge in [-0.1, -0.05) is 0 Å². The van der Waals surface area contributed by atoms with Crippen molar-refractivity contribution in [3.8, 4) is 6.07 Å². The second-order valence-corrected chi connectivity index (χ2v) is 4.49. The predicted molar refractivity (Wildman–Crippen MR) is 76.9 cm³/mol. The number of nitriles is 1. The van der Waals surface area contributed by atoms with Gasteiger partial charge in [-0.25, -0.2) is 4.52 Å². The van der Waals surface area contributed by atoms with Crippen LogP contribution in [0.2, 0.25) is 0 Å². The van der Waals surface area contributed by atoms with E-state index >= 15 is 0 Å². The van der Waals surface area contributed by atoms with Crippen LogP contribution in [0.25, 0.3) is 5.52 Å². The van der Waals surface area contributed by atoms with Crippen molar-refractivity contribution in [2.24, 2.45) is 0 Å². The highest BCUT2D eigenvalue weighted by Crippen LogP contribution is 2.18. The maximum absolute atomic E-state index is 12.6. The molecule has 2 heterocycles. The van der Waals surface area contributed by atoms with Gasteiger partial charge in [0.2, 0.25) is 0 Å². The number of aromatic nitrogens is 3. The molecule has 0 aliphatic heterocycles. The van der Waals surface area contributed by atoms with E-state index in [1.54, 1.807) is 54.4 Å². The van der Waals surface area contributed by atoms with Crippen LogP contribution in [0.3, 0.4) is 0 Å². The fourth-order valence-electron chi connectivity index (χ4n) is 2.06. The Morgan fingerprint density at radius 2 is 2.05 bits per heavy atom. The van der Waals surface area contributed by atoms with E-state index < -0.39 is 0 Å². The van der Waals surface area contributed by atoms with Crippen molar-refractivity contribution in [3.63, 3.8) is 0 Å². The van der Waals surface area contributed by atoms with E-state index in [0.717, 1.165) is 0 Å². The molecule has 0 unspecified atom stereocenters. The monoisotopic (exact) mass is 277 g/mol. The highest BCUT2D eigenvalue weighted by Gasteiger charge is 2.18. The molecule has 1 aromatic carbocycles. The van der Waals surface area contributed by atoms with Crippen LogP contribution in [-0.4, -0.2) is 27.6 Å². The van der Waals surface area contributed by atoms with Crippen molar-refractivity contribution in [1.82, 2.24) is 14.6 Å². The molecule has 0 spiro atoms. The van der Waals surface area contributed by atoms with Crippen molar-refractivity contribution in [2.45, 2.75) is 0 Å². The second-order valence-electron chi connectivity index (χ2n) is 4.49. The Hall–Kier alpha value is -3.20. The van der Waals surface area contributed by atoms with Gasteiger partial charge in [0.25, 0.3) is 5.91 Å². The van der Waals surface area contributed by atoms with Gasteiger partial charge in [0.15, 0.2) is 0 Å². The molecule has 0 atom stereocenters. The number of amides is 1. The molecule has 21 heavy (non-hydrogen) atoms. The summed E-state index contributed by atoms with van der Waals surface area (Å²) in [5.74, 6) is -0.178. The average molecular weight is 277 g/mol. The maximum Gasteiger partial charge on any atom is 0.261 e. The number of fused-ring (bicyclic) bond motifs is 1. The van der Waals surface area contributed by atoms with E-state index in [1.807, 2.05) is 6.07 Å². The zero-order valence-electron chi connectivity index (χ0n) is 11.3. The number of rotatable bonds is 2. The van der Waals surface area contributed by atoms with E-state index in [4.69, 9.17) is 5.26 Å². The van der Waals surface area contributed by atoms with Crippen molar-refractivity contribution >= 4 is 17.1 Å². The lowest BCUT2D eigenvalue weighted by atomic mass is 10.2. The third-order valence-electron chi connectivity index (χ3n) is 3.24. The average Bonchev–Trinajstić information content (AvgIpc) is 2.97. The molecule has 3 rings (SSSR count). The number of carbonyl (C=O) groups excluding carboxylic acids is 1. The van der Waals surface area contributed by atoms with Crippen LogP contribution in [0, 0.1) is 11.3 Å². The molecule has 1 amide bonds. The largest absolute Gasteiger partial charge is 0.311 e. The molecule has 0 saturated heterocycles. The molecule has 0 N–H and O–H groups in total. The summed E-state index contributed by atoms with van der Waals surface area (Å²) in [7, 11) is 1.68. The Labute approximate surface area is 120 Å². The Morgan fingerprint density at radius 1 is 1.29 bits per heavy atom. The lowest BCUT2D eigenvalue weighted by Gasteiger charge is -2.16. The summed E-state index contributed by atoms with van der Waals surface area (Å²) in [6, 6.07) is 8.88. The number of nitrogens with zero attached hydrogens (tertiary/aromatic N) is 5. The number of anilines is 1. The van der Waals surface area contributed by atoms with Crippen LogP contribution in [-0.2, 0) is 0 Å². The topological polar surface area (TPSA) is 74.3 Å². The van der Waals surface area contributed by atoms with Gasteiger partial charge in [-0.3, -0.25) is 9.78 Å². The predicted octanol–water partition coefficient (Wildman–Crippen LogP) is 1.88. The molecular formula is C15H11N5O. The minimum atomic E-state index is -0.178. The van der Waals surface area contributed by atoms with E-state index in [9.17, 15) is 4.79 Å². The molecule has 0 aliphatic carbocycles. The summed E-state index contributed by atoms with van der Waals surface area (Å²) < 4.78 is 1.60. The molecule has 6 heteroatoms. The fourth-order valence-corrected chi connectivity index (χ4v) is 2.06. The third kappa shape index (κ3) is 2.21. The minimum absolute atomic E-state index is 0.178. The number of hydrogen-bond acceptors (Lipinski definition) is 4. The number of benzene rings is 1. The smallest absolute Gasteiger partial charge is 0.261 e.